The van der Waals surface area contributed by atoms with Crippen LogP contribution in [0.25, 0.3) is 11.0 Å². The number of benzene rings is 1. The van der Waals surface area contributed by atoms with Crippen LogP contribution in [0.4, 0.5) is 5.95 Å². The number of aromatic nitrogens is 4. The van der Waals surface area contributed by atoms with Crippen molar-refractivity contribution >= 4 is 17.0 Å². The Bertz CT molecular complexity index is 728. The number of nitrogens with two attached hydrogens (primary N) is 1. The maximum Gasteiger partial charge on any atom is 0.201 e. The van der Waals surface area contributed by atoms with Gasteiger partial charge in [-0.1, -0.05) is 0 Å². The summed E-state index contributed by atoms with van der Waals surface area (Å²) in [6.07, 6.45) is 3.79. The van der Waals surface area contributed by atoms with Gasteiger partial charge in [0, 0.05) is 24.9 Å². The van der Waals surface area contributed by atoms with Gasteiger partial charge in [-0.3, -0.25) is 4.68 Å². The molecule has 98 valence electrons. The maximum atomic E-state index is 5.98. The van der Waals surface area contributed by atoms with E-state index in [0.29, 0.717) is 12.5 Å². The molecule has 3 aromatic rings. The van der Waals surface area contributed by atoms with Gasteiger partial charge in [-0.25, -0.2) is 4.98 Å². The molecule has 0 saturated carbocycles. The second-order valence-corrected chi connectivity index (χ2v) is 4.43. The van der Waals surface area contributed by atoms with Crippen LogP contribution in [0.5, 0.6) is 5.75 Å². The van der Waals surface area contributed by atoms with Crippen LogP contribution in [0.1, 0.15) is 5.56 Å². The maximum absolute atomic E-state index is 5.98. The SMILES string of the molecule is COc1ccc2nc(N)n(Cc3cnn(C)c3)c2c1. The van der Waals surface area contributed by atoms with E-state index in [1.54, 1.807) is 11.8 Å². The van der Waals surface area contributed by atoms with Crippen LogP contribution in [0, 0.1) is 0 Å². The van der Waals surface area contributed by atoms with Gasteiger partial charge < -0.3 is 15.0 Å². The smallest absolute Gasteiger partial charge is 0.201 e. The van der Waals surface area contributed by atoms with E-state index in [0.717, 1.165) is 22.3 Å². The first-order chi connectivity index (χ1) is 9.17. The Kier molecular flexibility index (Phi) is 2.63. The highest BCUT2D eigenvalue weighted by Crippen LogP contribution is 2.23. The number of nitrogen functional groups attached to an aromatic ring is 1. The Morgan fingerprint density at radius 1 is 1.37 bits per heavy atom. The lowest BCUT2D eigenvalue weighted by atomic mass is 10.3. The lowest BCUT2D eigenvalue weighted by Gasteiger charge is -2.05. The van der Waals surface area contributed by atoms with E-state index in [9.17, 15) is 0 Å². The zero-order valence-electron chi connectivity index (χ0n) is 10.9. The van der Waals surface area contributed by atoms with Gasteiger partial charge in [0.15, 0.2) is 0 Å². The third-order valence-electron chi connectivity index (χ3n) is 3.08. The van der Waals surface area contributed by atoms with Crippen LogP contribution in [-0.4, -0.2) is 26.4 Å². The van der Waals surface area contributed by atoms with E-state index in [1.807, 2.05) is 42.2 Å². The third-order valence-corrected chi connectivity index (χ3v) is 3.08. The average molecular weight is 257 g/mol. The molecule has 0 spiro atoms. The first kappa shape index (κ1) is 11.6. The minimum Gasteiger partial charge on any atom is -0.497 e. The molecule has 2 N–H and O–H groups in total. The Hall–Kier alpha value is -2.50. The van der Waals surface area contributed by atoms with Crippen LogP contribution in [0.15, 0.2) is 30.6 Å². The molecular weight excluding hydrogens is 242 g/mol. The zero-order valence-corrected chi connectivity index (χ0v) is 10.9. The summed E-state index contributed by atoms with van der Waals surface area (Å²) in [6, 6.07) is 5.72. The lowest BCUT2D eigenvalue weighted by Crippen LogP contribution is -2.04. The largest absolute Gasteiger partial charge is 0.497 e. The Balaban J connectivity index is 2.08. The number of imidazole rings is 1. The van der Waals surface area contributed by atoms with E-state index >= 15 is 0 Å². The van der Waals surface area contributed by atoms with Crippen LogP contribution < -0.4 is 10.5 Å². The van der Waals surface area contributed by atoms with Crippen LogP contribution >= 0.6 is 0 Å². The summed E-state index contributed by atoms with van der Waals surface area (Å²) in [6.45, 7) is 0.642. The Morgan fingerprint density at radius 2 is 2.21 bits per heavy atom. The third kappa shape index (κ3) is 2.01. The molecule has 0 atom stereocenters. The number of anilines is 1. The second-order valence-electron chi connectivity index (χ2n) is 4.43. The molecule has 0 aliphatic heterocycles. The van der Waals surface area contributed by atoms with Crippen molar-refractivity contribution in [2.45, 2.75) is 6.54 Å². The first-order valence-electron chi connectivity index (χ1n) is 5.94. The van der Waals surface area contributed by atoms with Gasteiger partial charge in [-0.2, -0.15) is 5.10 Å². The molecule has 0 aliphatic rings. The van der Waals surface area contributed by atoms with Crippen molar-refractivity contribution in [3.63, 3.8) is 0 Å². The average Bonchev–Trinajstić information content (AvgIpc) is 2.94. The second kappa shape index (κ2) is 4.31. The lowest BCUT2D eigenvalue weighted by molar-refractivity contribution is 0.415. The number of hydrogen-bond donors (Lipinski definition) is 1. The molecule has 1 aromatic carbocycles. The van der Waals surface area contributed by atoms with Gasteiger partial charge in [0.2, 0.25) is 5.95 Å². The number of rotatable bonds is 3. The minimum atomic E-state index is 0.493. The fourth-order valence-electron chi connectivity index (χ4n) is 2.15. The predicted molar refractivity (Wildman–Crippen MR) is 73.0 cm³/mol. The van der Waals surface area contributed by atoms with Crippen LogP contribution in [0.3, 0.4) is 0 Å². The van der Waals surface area contributed by atoms with E-state index in [1.165, 1.54) is 0 Å². The van der Waals surface area contributed by atoms with Gasteiger partial charge in [0.05, 0.1) is 30.9 Å². The van der Waals surface area contributed by atoms with E-state index in [4.69, 9.17) is 10.5 Å². The van der Waals surface area contributed by atoms with Crippen molar-refractivity contribution in [1.82, 2.24) is 19.3 Å². The van der Waals surface area contributed by atoms with Gasteiger partial charge in [-0.15, -0.1) is 0 Å². The zero-order chi connectivity index (χ0) is 13.4. The van der Waals surface area contributed by atoms with Crippen molar-refractivity contribution in [3.8, 4) is 5.75 Å². The van der Waals surface area contributed by atoms with Crippen molar-refractivity contribution in [2.24, 2.45) is 7.05 Å². The number of aryl methyl sites for hydroxylation is 1. The summed E-state index contributed by atoms with van der Waals surface area (Å²) < 4.78 is 8.96. The minimum absolute atomic E-state index is 0.493. The predicted octanol–water partition coefficient (Wildman–Crippen LogP) is 1.41. The molecule has 19 heavy (non-hydrogen) atoms. The van der Waals surface area contributed by atoms with Crippen molar-refractivity contribution in [1.29, 1.82) is 0 Å². The van der Waals surface area contributed by atoms with Gasteiger partial charge in [0.25, 0.3) is 0 Å². The van der Waals surface area contributed by atoms with Crippen molar-refractivity contribution < 1.29 is 4.74 Å². The number of fused-ring (bicyclic) bond motifs is 1. The summed E-state index contributed by atoms with van der Waals surface area (Å²) in [5, 5.41) is 4.16. The molecule has 0 radical (unpaired) electrons. The van der Waals surface area contributed by atoms with E-state index in [2.05, 4.69) is 10.1 Å². The molecule has 0 saturated heterocycles. The Labute approximate surface area is 110 Å². The molecule has 3 rings (SSSR count). The monoisotopic (exact) mass is 257 g/mol. The number of nitrogens with zero attached hydrogens (tertiary/aromatic N) is 4. The standard InChI is InChI=1S/C13H15N5O/c1-17-7-9(6-15-17)8-18-12-5-10(19-2)3-4-11(12)16-13(18)14/h3-7H,8H2,1-2H3,(H2,14,16). The fourth-order valence-corrected chi connectivity index (χ4v) is 2.15. The number of ether oxygens (including phenoxy) is 1. The molecule has 0 amide bonds. The fraction of sp³-hybridized carbons (Fsp3) is 0.231. The molecular formula is C13H15N5O. The van der Waals surface area contributed by atoms with Crippen LogP contribution in [-0.2, 0) is 13.6 Å². The molecule has 2 aromatic heterocycles. The molecule has 0 unspecified atom stereocenters. The van der Waals surface area contributed by atoms with Crippen molar-refractivity contribution in [3.05, 3.63) is 36.2 Å². The first-order valence-corrected chi connectivity index (χ1v) is 5.94. The molecule has 0 aliphatic carbocycles. The van der Waals surface area contributed by atoms with Crippen LogP contribution in [0.2, 0.25) is 0 Å². The highest BCUT2D eigenvalue weighted by atomic mass is 16.5. The summed E-state index contributed by atoms with van der Waals surface area (Å²) in [7, 11) is 3.54. The summed E-state index contributed by atoms with van der Waals surface area (Å²) in [5.41, 5.74) is 8.89. The number of hydrogen-bond acceptors (Lipinski definition) is 4. The highest BCUT2D eigenvalue weighted by Gasteiger charge is 2.10. The highest BCUT2D eigenvalue weighted by molar-refractivity contribution is 5.80. The Morgan fingerprint density at radius 3 is 2.89 bits per heavy atom. The number of methoxy groups -OCH3 is 1. The molecule has 0 fully saturated rings. The van der Waals surface area contributed by atoms with Crippen molar-refractivity contribution in [2.75, 3.05) is 12.8 Å². The molecule has 0 bridgehead atoms. The quantitative estimate of drug-likeness (QED) is 0.770. The molecule has 2 heterocycles. The van der Waals surface area contributed by atoms with E-state index < -0.39 is 0 Å². The summed E-state index contributed by atoms with van der Waals surface area (Å²) in [4.78, 5) is 4.35. The van der Waals surface area contributed by atoms with Gasteiger partial charge >= 0.3 is 0 Å². The summed E-state index contributed by atoms with van der Waals surface area (Å²) in [5.74, 6) is 1.28. The van der Waals surface area contributed by atoms with Gasteiger partial charge in [0.1, 0.15) is 5.75 Å². The van der Waals surface area contributed by atoms with E-state index in [-0.39, 0.29) is 0 Å². The molecule has 6 nitrogen and oxygen atoms in total. The van der Waals surface area contributed by atoms with Gasteiger partial charge in [-0.05, 0) is 12.1 Å². The normalized spacial score (nSPS) is 11.1. The summed E-state index contributed by atoms with van der Waals surface area (Å²) >= 11 is 0. The molecule has 6 heteroatoms. The topological polar surface area (TPSA) is 70.9 Å².